The van der Waals surface area contributed by atoms with Gasteiger partial charge in [-0.2, -0.15) is 0 Å². The molecule has 17 nitrogen and oxygen atoms in total. The van der Waals surface area contributed by atoms with Gasteiger partial charge in [-0.05, 0) is 83.5 Å². The number of aliphatic hydroxyl groups is 5. The molecule has 0 spiro atoms. The van der Waals surface area contributed by atoms with Crippen molar-refractivity contribution < 1.29 is 82.0 Å². The molecule has 0 bridgehead atoms. The van der Waals surface area contributed by atoms with E-state index in [0.29, 0.717) is 12.8 Å². The average Bonchev–Trinajstić information content (AvgIpc) is 3.33. The monoisotopic (exact) mass is 1050 g/mol. The summed E-state index contributed by atoms with van der Waals surface area (Å²) in [5, 5.41) is 51.5. The molecule has 1 aliphatic carbocycles. The molecule has 0 amide bonds. The van der Waals surface area contributed by atoms with Crippen molar-refractivity contribution in [2.75, 3.05) is 13.2 Å². The van der Waals surface area contributed by atoms with Gasteiger partial charge in [-0.3, -0.25) is 23.2 Å². The number of hydrogen-bond acceptors (Lipinski definition) is 14. The number of esters is 2. The summed E-state index contributed by atoms with van der Waals surface area (Å²) in [6, 6.07) is 0. The highest BCUT2D eigenvalue weighted by Crippen LogP contribution is 2.49. The number of allylic oxidation sites excluding steroid dienone is 20. The lowest BCUT2D eigenvalue weighted by Gasteiger charge is -2.43. The summed E-state index contributed by atoms with van der Waals surface area (Å²) < 4.78 is 49.2. The predicted octanol–water partition coefficient (Wildman–Crippen LogP) is 9.03. The van der Waals surface area contributed by atoms with Crippen molar-refractivity contribution in [1.82, 2.24) is 0 Å². The molecule has 1 fully saturated rings. The third kappa shape index (κ3) is 35.3. The van der Waals surface area contributed by atoms with Crippen molar-refractivity contribution in [3.05, 3.63) is 134 Å². The molecular weight excluding hydrogens is 971 g/mol. The number of carbonyl (C=O) groups excluding carboxylic acids is 2. The van der Waals surface area contributed by atoms with E-state index in [9.17, 15) is 58.9 Å². The lowest BCUT2D eigenvalue weighted by molar-refractivity contribution is -0.216. The number of hydrogen-bond donors (Lipinski definition) is 8. The first kappa shape index (κ1) is 66.1. The number of aliphatic hydroxyl groups excluding tert-OH is 5. The van der Waals surface area contributed by atoms with E-state index < -0.39 is 89.6 Å². The van der Waals surface area contributed by atoms with Crippen molar-refractivity contribution in [3.8, 4) is 0 Å². The number of phosphoric ester groups is 2. The van der Waals surface area contributed by atoms with Crippen LogP contribution in [0.5, 0.6) is 0 Å². The van der Waals surface area contributed by atoms with Crippen molar-refractivity contribution in [2.45, 2.75) is 172 Å². The van der Waals surface area contributed by atoms with E-state index in [-0.39, 0.29) is 25.7 Å². The van der Waals surface area contributed by atoms with Crippen LogP contribution >= 0.6 is 15.6 Å². The van der Waals surface area contributed by atoms with E-state index in [1.54, 1.807) is 30.4 Å². The lowest BCUT2D eigenvalue weighted by atomic mass is 9.85. The number of ether oxygens (including phenoxy) is 2. The molecule has 1 saturated carbocycles. The summed E-state index contributed by atoms with van der Waals surface area (Å²) in [5.41, 5.74) is 0. The van der Waals surface area contributed by atoms with Gasteiger partial charge in [-0.1, -0.05) is 160 Å². The molecule has 19 heteroatoms. The van der Waals surface area contributed by atoms with E-state index in [2.05, 4.69) is 91.3 Å². The normalized spacial score (nSPS) is 22.3. The second-order valence-electron chi connectivity index (χ2n) is 16.6. The van der Waals surface area contributed by atoms with Crippen LogP contribution < -0.4 is 0 Å². The third-order valence-corrected chi connectivity index (χ3v) is 11.8. The van der Waals surface area contributed by atoms with Gasteiger partial charge in [0.25, 0.3) is 0 Å². The van der Waals surface area contributed by atoms with Crippen molar-refractivity contribution in [1.29, 1.82) is 0 Å². The molecule has 0 aliphatic heterocycles. The van der Waals surface area contributed by atoms with Crippen LogP contribution in [0.3, 0.4) is 0 Å². The molecule has 72 heavy (non-hydrogen) atoms. The predicted molar refractivity (Wildman–Crippen MR) is 279 cm³/mol. The van der Waals surface area contributed by atoms with Crippen LogP contribution in [0, 0.1) is 0 Å². The fraction of sp³-hybridized carbons (Fsp3) is 0.547. The van der Waals surface area contributed by atoms with Gasteiger partial charge in [0.2, 0.25) is 0 Å². The first-order valence-corrected chi connectivity index (χ1v) is 27.9. The molecule has 8 N–H and O–H groups in total. The summed E-state index contributed by atoms with van der Waals surface area (Å²) in [4.78, 5) is 54.3. The zero-order valence-corrected chi connectivity index (χ0v) is 43.7. The maximum absolute atomic E-state index is 13.0. The highest BCUT2D eigenvalue weighted by atomic mass is 31.2. The maximum atomic E-state index is 13.0. The molecule has 9 atom stereocenters. The Labute approximate surface area is 426 Å². The van der Waals surface area contributed by atoms with E-state index >= 15 is 0 Å². The van der Waals surface area contributed by atoms with Gasteiger partial charge in [0.1, 0.15) is 43.2 Å². The minimum Gasteiger partial charge on any atom is -0.462 e. The molecule has 1 aliphatic rings. The Bertz CT molecular complexity index is 1910. The number of carbonyl (C=O) groups is 2. The van der Waals surface area contributed by atoms with Gasteiger partial charge in [0, 0.05) is 12.8 Å². The number of unbranched alkanes of at least 4 members (excludes halogenated alkanes) is 3. The fourth-order valence-corrected chi connectivity index (χ4v) is 8.01. The zero-order valence-electron chi connectivity index (χ0n) is 41.9. The first-order valence-electron chi connectivity index (χ1n) is 24.8. The Hall–Kier alpha value is -3.90. The summed E-state index contributed by atoms with van der Waals surface area (Å²) in [5.74, 6) is -1.50. The van der Waals surface area contributed by atoms with Gasteiger partial charge in [-0.15, -0.1) is 0 Å². The van der Waals surface area contributed by atoms with Crippen molar-refractivity contribution >= 4 is 27.6 Å². The van der Waals surface area contributed by atoms with Crippen molar-refractivity contribution in [3.63, 3.8) is 0 Å². The molecule has 406 valence electrons. The highest BCUT2D eigenvalue weighted by Gasteiger charge is 2.54. The minimum atomic E-state index is -5.40. The molecule has 1 rings (SSSR count). The summed E-state index contributed by atoms with van der Waals surface area (Å²) in [6.07, 6.45) is 40.1. The smallest absolute Gasteiger partial charge is 0.462 e. The Morgan fingerprint density at radius 1 is 0.528 bits per heavy atom. The largest absolute Gasteiger partial charge is 0.472 e. The van der Waals surface area contributed by atoms with Crippen LogP contribution in [0.15, 0.2) is 134 Å². The van der Waals surface area contributed by atoms with E-state index in [4.69, 9.17) is 18.5 Å². The van der Waals surface area contributed by atoms with E-state index in [0.717, 1.165) is 51.4 Å². The second-order valence-corrected chi connectivity index (χ2v) is 19.2. The number of phosphoric acid groups is 2. The van der Waals surface area contributed by atoms with Crippen LogP contribution in [0.1, 0.15) is 123 Å². The Balaban J connectivity index is 2.72. The summed E-state index contributed by atoms with van der Waals surface area (Å²) in [6.45, 7) is 2.74. The summed E-state index contributed by atoms with van der Waals surface area (Å²) >= 11 is 0. The van der Waals surface area contributed by atoms with Crippen LogP contribution in [0.2, 0.25) is 0 Å². The first-order chi connectivity index (χ1) is 34.5. The second kappa shape index (κ2) is 41.5. The lowest BCUT2D eigenvalue weighted by Crippen LogP contribution is -2.64. The van der Waals surface area contributed by atoms with Crippen LogP contribution in [-0.2, 0) is 41.8 Å². The molecular formula is C53H82O17P2. The van der Waals surface area contributed by atoms with Crippen LogP contribution in [-0.4, -0.2) is 114 Å². The third-order valence-electron chi connectivity index (χ3n) is 10.3. The quantitative estimate of drug-likeness (QED) is 0.00937. The maximum Gasteiger partial charge on any atom is 0.472 e. The van der Waals surface area contributed by atoms with Crippen LogP contribution in [0.4, 0.5) is 0 Å². The molecule has 0 radical (unpaired) electrons. The molecule has 0 aromatic heterocycles. The fourth-order valence-electron chi connectivity index (χ4n) is 6.47. The van der Waals surface area contributed by atoms with Gasteiger partial charge in [-0.25, -0.2) is 9.13 Å². The van der Waals surface area contributed by atoms with Crippen molar-refractivity contribution in [2.24, 2.45) is 0 Å². The van der Waals surface area contributed by atoms with Gasteiger partial charge in [0.05, 0.1) is 12.7 Å². The minimum absolute atomic E-state index is 0.110. The Morgan fingerprint density at radius 3 is 1.53 bits per heavy atom. The molecule has 0 aromatic rings. The van der Waals surface area contributed by atoms with E-state index in [1.165, 1.54) is 19.3 Å². The molecule has 6 unspecified atom stereocenters. The van der Waals surface area contributed by atoms with Gasteiger partial charge < -0.3 is 49.7 Å². The summed E-state index contributed by atoms with van der Waals surface area (Å²) in [7, 11) is -10.8. The average molecular weight is 1050 g/mol. The van der Waals surface area contributed by atoms with Gasteiger partial charge in [0.15, 0.2) is 6.10 Å². The standard InChI is InChI=1S/C53H82O17P2/c1-3-5-7-9-11-13-15-17-18-19-20-21-22-24-26-28-30-32-36-41-47(56)68-45(43-67-72(64,65)70-53-50(59)48(57)49(58)52(51(53)60)69-71(61,62)63)42-66-46(55)40-37-33-35-39-44(54)38-34-31-29-27-25-23-16-14-12-10-8-6-4-2/h6,8,11-14,17-18,20-21,23-26,29-35,38,44-45,48-54,57-60H,3-5,7,9-10,15-16,19,22,27-28,36-37,39-43H2,1-2H3,(H,64,65)(H2,61,62,63)/b8-6-,13-11-,14-12-,18-17-,21-20-,25-23-,26-24-,31-29-,32-30-,35-33-,38-34-/t44?,45-,48?,49?,50?,51?,52-,53+/m1/s1. The Morgan fingerprint density at radius 2 is 1.00 bits per heavy atom. The molecule has 0 saturated heterocycles. The Kier molecular flexibility index (Phi) is 38.1. The topological polar surface area (TPSA) is 276 Å². The highest BCUT2D eigenvalue weighted by molar-refractivity contribution is 7.47. The molecule has 0 aromatic carbocycles. The SMILES string of the molecule is CC/C=C\C/C=C\C/C=C\C/C=C\C=C/C(O)C/C=C\CCC(=O)OC[C@H](COP(=O)(O)O[C@H]1C(O)C(O)C(O)[C@@H](OP(=O)(O)O)C1O)OC(=O)CC/C=C\C/C=C\C/C=C\C/C=C\C/C=C\CCCCC. The molecule has 0 heterocycles. The number of rotatable bonds is 39. The van der Waals surface area contributed by atoms with E-state index in [1.807, 2.05) is 30.4 Å². The zero-order chi connectivity index (χ0) is 53.3. The van der Waals surface area contributed by atoms with Gasteiger partial charge >= 0.3 is 27.6 Å². The van der Waals surface area contributed by atoms with Crippen LogP contribution in [0.25, 0.3) is 0 Å².